The molecule has 2 aromatic heterocycles. The number of carbonyl (C=O) groups is 1. The Morgan fingerprint density at radius 2 is 2.14 bits per heavy atom. The molecule has 22 heavy (non-hydrogen) atoms. The fraction of sp³-hybridized carbons (Fsp3) is 0.286. The topological polar surface area (TPSA) is 109 Å². The first-order valence-corrected chi connectivity index (χ1v) is 8.55. The zero-order chi connectivity index (χ0) is 15.7. The van der Waals surface area contributed by atoms with Gasteiger partial charge in [-0.05, 0) is 30.7 Å². The molecular weight excluding hydrogens is 308 g/mol. The zero-order valence-corrected chi connectivity index (χ0v) is 12.4. The predicted molar refractivity (Wildman–Crippen MR) is 79.3 cm³/mol. The van der Waals surface area contributed by atoms with E-state index in [4.69, 9.17) is 4.42 Å². The van der Waals surface area contributed by atoms with E-state index in [0.717, 1.165) is 0 Å². The summed E-state index contributed by atoms with van der Waals surface area (Å²) in [6.07, 6.45) is 1.85. The van der Waals surface area contributed by atoms with Crippen LogP contribution >= 0.6 is 0 Å². The standard InChI is InChI=1S/C14H14N2O5S/c17-13(15-9-5-7-22(19,20)8-9)10-3-4-11(16-14(10)18)12-2-1-6-21-12/h1-4,6,9H,5,7-8H2,(H,15,17)(H,16,18)/t9-/m1/s1. The van der Waals surface area contributed by atoms with Crippen LogP contribution in [-0.4, -0.2) is 36.9 Å². The highest BCUT2D eigenvalue weighted by molar-refractivity contribution is 7.91. The largest absolute Gasteiger partial charge is 0.463 e. The number of furan rings is 1. The van der Waals surface area contributed by atoms with E-state index >= 15 is 0 Å². The number of aromatic amines is 1. The van der Waals surface area contributed by atoms with Crippen molar-refractivity contribution in [2.45, 2.75) is 12.5 Å². The molecule has 2 N–H and O–H groups in total. The molecule has 8 heteroatoms. The monoisotopic (exact) mass is 322 g/mol. The van der Waals surface area contributed by atoms with Gasteiger partial charge in [0.2, 0.25) is 0 Å². The average molecular weight is 322 g/mol. The molecule has 3 rings (SSSR count). The van der Waals surface area contributed by atoms with Gasteiger partial charge in [-0.2, -0.15) is 0 Å². The molecule has 0 aromatic carbocycles. The number of H-pyrrole nitrogens is 1. The highest BCUT2D eigenvalue weighted by atomic mass is 32.2. The highest BCUT2D eigenvalue weighted by Gasteiger charge is 2.29. The summed E-state index contributed by atoms with van der Waals surface area (Å²) in [6.45, 7) is 0. The summed E-state index contributed by atoms with van der Waals surface area (Å²) in [6, 6.07) is 5.90. The number of carbonyl (C=O) groups excluding carboxylic acids is 1. The predicted octanol–water partition coefficient (Wildman–Crippen LogP) is 0.552. The zero-order valence-electron chi connectivity index (χ0n) is 11.5. The van der Waals surface area contributed by atoms with Gasteiger partial charge in [0.1, 0.15) is 11.3 Å². The Morgan fingerprint density at radius 3 is 2.73 bits per heavy atom. The van der Waals surface area contributed by atoms with Crippen LogP contribution < -0.4 is 10.9 Å². The molecule has 0 unspecified atom stereocenters. The van der Waals surface area contributed by atoms with Crippen molar-refractivity contribution >= 4 is 15.7 Å². The third-order valence-corrected chi connectivity index (χ3v) is 5.28. The second-order valence-electron chi connectivity index (χ2n) is 5.17. The van der Waals surface area contributed by atoms with Crippen LogP contribution in [0.1, 0.15) is 16.8 Å². The molecule has 7 nitrogen and oxygen atoms in total. The molecular formula is C14H14N2O5S. The number of hydrogen-bond acceptors (Lipinski definition) is 5. The maximum atomic E-state index is 12.1. The molecule has 0 spiro atoms. The number of pyridine rings is 1. The van der Waals surface area contributed by atoms with Gasteiger partial charge < -0.3 is 14.7 Å². The van der Waals surface area contributed by atoms with Crippen LogP contribution in [0.3, 0.4) is 0 Å². The lowest BCUT2D eigenvalue weighted by atomic mass is 10.2. The van der Waals surface area contributed by atoms with Crippen molar-refractivity contribution in [2.24, 2.45) is 0 Å². The Labute approximate surface area is 126 Å². The molecule has 0 saturated carbocycles. The van der Waals surface area contributed by atoms with Crippen molar-refractivity contribution in [2.75, 3.05) is 11.5 Å². The summed E-state index contributed by atoms with van der Waals surface area (Å²) < 4.78 is 27.9. The van der Waals surface area contributed by atoms with Crippen LogP contribution in [0.25, 0.3) is 11.5 Å². The number of sulfone groups is 1. The summed E-state index contributed by atoms with van der Waals surface area (Å²) in [5.41, 5.74) is -0.137. The molecule has 0 bridgehead atoms. The van der Waals surface area contributed by atoms with E-state index in [1.165, 1.54) is 12.3 Å². The van der Waals surface area contributed by atoms with Gasteiger partial charge in [-0.3, -0.25) is 9.59 Å². The molecule has 1 aliphatic rings. The van der Waals surface area contributed by atoms with Crippen LogP contribution in [-0.2, 0) is 9.84 Å². The van der Waals surface area contributed by atoms with E-state index in [-0.39, 0.29) is 17.1 Å². The van der Waals surface area contributed by atoms with Crippen molar-refractivity contribution in [1.29, 1.82) is 0 Å². The number of amides is 1. The molecule has 1 saturated heterocycles. The SMILES string of the molecule is O=C(N[C@@H]1CCS(=O)(=O)C1)c1ccc(-c2ccco2)[nH]c1=O. The Balaban J connectivity index is 1.78. The Hall–Kier alpha value is -2.35. The van der Waals surface area contributed by atoms with E-state index < -0.39 is 27.3 Å². The minimum absolute atomic E-state index is 0.0559. The summed E-state index contributed by atoms with van der Waals surface area (Å²) >= 11 is 0. The minimum atomic E-state index is -3.08. The molecule has 1 aliphatic heterocycles. The van der Waals surface area contributed by atoms with E-state index in [2.05, 4.69) is 10.3 Å². The number of rotatable bonds is 3. The molecule has 1 amide bonds. The summed E-state index contributed by atoms with van der Waals surface area (Å²) in [4.78, 5) is 26.7. The first-order valence-electron chi connectivity index (χ1n) is 6.73. The van der Waals surface area contributed by atoms with Crippen LogP contribution in [0.5, 0.6) is 0 Å². The fourth-order valence-electron chi connectivity index (χ4n) is 2.40. The van der Waals surface area contributed by atoms with Gasteiger partial charge in [0.15, 0.2) is 9.84 Å². The fourth-order valence-corrected chi connectivity index (χ4v) is 4.07. The Kier molecular flexibility index (Phi) is 3.61. The third-order valence-electron chi connectivity index (χ3n) is 3.51. The first kappa shape index (κ1) is 14.6. The van der Waals surface area contributed by atoms with Gasteiger partial charge in [-0.1, -0.05) is 0 Å². The molecule has 1 fully saturated rings. The van der Waals surface area contributed by atoms with Crippen molar-refractivity contribution in [3.8, 4) is 11.5 Å². The molecule has 3 heterocycles. The highest BCUT2D eigenvalue weighted by Crippen LogP contribution is 2.16. The maximum Gasteiger partial charge on any atom is 0.261 e. The lowest BCUT2D eigenvalue weighted by Crippen LogP contribution is -2.38. The smallest absolute Gasteiger partial charge is 0.261 e. The number of hydrogen-bond donors (Lipinski definition) is 2. The third kappa shape index (κ3) is 2.96. The minimum Gasteiger partial charge on any atom is -0.463 e. The normalized spacial score (nSPS) is 19.9. The van der Waals surface area contributed by atoms with E-state index in [0.29, 0.717) is 17.9 Å². The molecule has 2 aromatic rings. The van der Waals surface area contributed by atoms with Gasteiger partial charge in [0.05, 0.1) is 23.5 Å². The number of nitrogens with one attached hydrogen (secondary N) is 2. The van der Waals surface area contributed by atoms with Crippen molar-refractivity contribution in [1.82, 2.24) is 10.3 Å². The van der Waals surface area contributed by atoms with E-state index in [1.54, 1.807) is 18.2 Å². The summed E-state index contributed by atoms with van der Waals surface area (Å²) in [5.74, 6) is -0.104. The van der Waals surface area contributed by atoms with Gasteiger partial charge in [0, 0.05) is 6.04 Å². The second kappa shape index (κ2) is 5.45. The van der Waals surface area contributed by atoms with Crippen molar-refractivity contribution in [3.05, 3.63) is 46.4 Å². The Bertz CT molecular complexity index is 852. The molecule has 0 aliphatic carbocycles. The van der Waals surface area contributed by atoms with Crippen LogP contribution in [0.15, 0.2) is 39.7 Å². The Morgan fingerprint density at radius 1 is 1.32 bits per heavy atom. The summed E-state index contributed by atoms with van der Waals surface area (Å²) in [7, 11) is -3.08. The van der Waals surface area contributed by atoms with Crippen LogP contribution in [0.2, 0.25) is 0 Å². The molecule has 1 atom stereocenters. The van der Waals surface area contributed by atoms with Crippen molar-refractivity contribution in [3.63, 3.8) is 0 Å². The summed E-state index contributed by atoms with van der Waals surface area (Å²) in [5, 5.41) is 2.58. The van der Waals surface area contributed by atoms with Gasteiger partial charge in [-0.15, -0.1) is 0 Å². The van der Waals surface area contributed by atoms with Gasteiger partial charge >= 0.3 is 0 Å². The quantitative estimate of drug-likeness (QED) is 0.858. The first-order chi connectivity index (χ1) is 10.4. The van der Waals surface area contributed by atoms with E-state index in [1.807, 2.05) is 0 Å². The second-order valence-corrected chi connectivity index (χ2v) is 7.39. The van der Waals surface area contributed by atoms with Gasteiger partial charge in [-0.25, -0.2) is 8.42 Å². The number of aromatic nitrogens is 1. The van der Waals surface area contributed by atoms with Crippen LogP contribution in [0, 0.1) is 0 Å². The van der Waals surface area contributed by atoms with Crippen molar-refractivity contribution < 1.29 is 17.6 Å². The maximum absolute atomic E-state index is 12.1. The van der Waals surface area contributed by atoms with Gasteiger partial charge in [0.25, 0.3) is 11.5 Å². The van der Waals surface area contributed by atoms with E-state index in [9.17, 15) is 18.0 Å². The lowest BCUT2D eigenvalue weighted by molar-refractivity contribution is 0.0939. The average Bonchev–Trinajstić information content (AvgIpc) is 3.08. The lowest BCUT2D eigenvalue weighted by Gasteiger charge is -2.10. The van der Waals surface area contributed by atoms with Crippen LogP contribution in [0.4, 0.5) is 0 Å². The molecule has 116 valence electrons. The molecule has 0 radical (unpaired) electrons.